The summed E-state index contributed by atoms with van der Waals surface area (Å²) < 4.78 is 1.62. The van der Waals surface area contributed by atoms with Gasteiger partial charge >= 0.3 is 0 Å². The molecule has 0 aliphatic rings. The Morgan fingerprint density at radius 3 is 2.44 bits per heavy atom. The zero-order valence-electron chi connectivity index (χ0n) is 11.7. The molecule has 0 fully saturated rings. The maximum atomic E-state index is 11.9. The number of hydrogen-bond acceptors (Lipinski definition) is 2. The lowest BCUT2D eigenvalue weighted by Gasteiger charge is -2.33. The molecule has 0 aromatic carbocycles. The van der Waals surface area contributed by atoms with Crippen molar-refractivity contribution in [3.05, 3.63) is 17.7 Å². The molecule has 0 unspecified atom stereocenters. The minimum absolute atomic E-state index is 0.0517. The number of imidazole rings is 1. The second-order valence-electron chi connectivity index (χ2n) is 6.49. The number of amides is 1. The molecule has 0 aliphatic carbocycles. The Balaban J connectivity index is 2.57. The van der Waals surface area contributed by atoms with Crippen LogP contribution >= 0.6 is 11.6 Å². The summed E-state index contributed by atoms with van der Waals surface area (Å²) in [6, 6.07) is 0. The Hall–Kier alpha value is -1.03. The van der Waals surface area contributed by atoms with Crippen molar-refractivity contribution >= 4 is 17.5 Å². The molecule has 1 rings (SSSR count). The van der Waals surface area contributed by atoms with Gasteiger partial charge in [0.15, 0.2) is 0 Å². The predicted molar refractivity (Wildman–Crippen MR) is 73.5 cm³/mol. The average molecular weight is 272 g/mol. The van der Waals surface area contributed by atoms with Gasteiger partial charge in [-0.25, -0.2) is 4.98 Å². The van der Waals surface area contributed by atoms with Crippen LogP contribution in [0.25, 0.3) is 0 Å². The minimum Gasteiger partial charge on any atom is -0.350 e. The number of hydrogen-bond donors (Lipinski definition) is 1. The van der Waals surface area contributed by atoms with Crippen molar-refractivity contribution in [3.63, 3.8) is 0 Å². The van der Waals surface area contributed by atoms with E-state index in [0.717, 1.165) is 6.42 Å². The van der Waals surface area contributed by atoms with Gasteiger partial charge in [0.1, 0.15) is 6.54 Å². The largest absolute Gasteiger partial charge is 0.350 e. The van der Waals surface area contributed by atoms with Crippen LogP contribution in [0.2, 0.25) is 5.28 Å². The number of carbonyl (C=O) groups excluding carboxylic acids is 1. The van der Waals surface area contributed by atoms with Crippen LogP contribution in [0.5, 0.6) is 0 Å². The first kappa shape index (κ1) is 15.0. The van der Waals surface area contributed by atoms with Gasteiger partial charge in [0.25, 0.3) is 0 Å². The van der Waals surface area contributed by atoms with Crippen LogP contribution in [0.15, 0.2) is 12.4 Å². The first-order valence-electron chi connectivity index (χ1n) is 6.07. The van der Waals surface area contributed by atoms with Crippen molar-refractivity contribution in [2.45, 2.75) is 53.1 Å². The summed E-state index contributed by atoms with van der Waals surface area (Å²) in [6.07, 6.45) is 4.18. The molecule has 1 aromatic heterocycles. The summed E-state index contributed by atoms with van der Waals surface area (Å²) >= 11 is 5.83. The first-order chi connectivity index (χ1) is 8.09. The van der Waals surface area contributed by atoms with Gasteiger partial charge in [-0.3, -0.25) is 4.79 Å². The number of carbonyl (C=O) groups is 1. The topological polar surface area (TPSA) is 46.9 Å². The van der Waals surface area contributed by atoms with E-state index in [1.54, 1.807) is 17.0 Å². The average Bonchev–Trinajstić information content (AvgIpc) is 2.45. The van der Waals surface area contributed by atoms with Gasteiger partial charge < -0.3 is 9.88 Å². The quantitative estimate of drug-likeness (QED) is 0.915. The molecule has 1 heterocycles. The van der Waals surface area contributed by atoms with E-state index in [1.165, 1.54) is 0 Å². The number of halogens is 1. The van der Waals surface area contributed by atoms with E-state index in [-0.39, 0.29) is 23.4 Å². The molecule has 5 heteroatoms. The normalized spacial score (nSPS) is 12.6. The van der Waals surface area contributed by atoms with E-state index in [9.17, 15) is 4.79 Å². The van der Waals surface area contributed by atoms with Crippen LogP contribution in [0.1, 0.15) is 41.0 Å². The van der Waals surface area contributed by atoms with Crippen LogP contribution in [0.4, 0.5) is 0 Å². The zero-order valence-corrected chi connectivity index (χ0v) is 12.5. The van der Waals surface area contributed by atoms with Gasteiger partial charge in [-0.05, 0) is 37.3 Å². The zero-order chi connectivity index (χ0) is 14.0. The lowest BCUT2D eigenvalue weighted by atomic mass is 9.82. The highest BCUT2D eigenvalue weighted by atomic mass is 35.5. The fraction of sp³-hybridized carbons (Fsp3) is 0.692. The maximum absolute atomic E-state index is 11.9. The molecule has 0 saturated heterocycles. The fourth-order valence-electron chi connectivity index (χ4n) is 2.37. The van der Waals surface area contributed by atoms with Gasteiger partial charge in [-0.15, -0.1) is 0 Å². The van der Waals surface area contributed by atoms with Crippen LogP contribution in [0.3, 0.4) is 0 Å². The smallest absolute Gasteiger partial charge is 0.240 e. The Morgan fingerprint density at radius 1 is 1.39 bits per heavy atom. The Morgan fingerprint density at radius 2 is 2.00 bits per heavy atom. The van der Waals surface area contributed by atoms with Gasteiger partial charge in [-0.2, -0.15) is 0 Å². The van der Waals surface area contributed by atoms with Crippen LogP contribution in [-0.2, 0) is 11.3 Å². The molecule has 0 radical (unpaired) electrons. The molecule has 0 spiro atoms. The van der Waals surface area contributed by atoms with Gasteiger partial charge in [0.05, 0.1) is 0 Å². The summed E-state index contributed by atoms with van der Waals surface area (Å²) in [6.45, 7) is 10.7. The fourth-order valence-corrected chi connectivity index (χ4v) is 2.54. The Labute approximate surface area is 114 Å². The van der Waals surface area contributed by atoms with E-state index in [0.29, 0.717) is 5.28 Å². The maximum Gasteiger partial charge on any atom is 0.240 e. The molecule has 0 bridgehead atoms. The molecular weight excluding hydrogens is 250 g/mol. The van der Waals surface area contributed by atoms with Crippen molar-refractivity contribution in [1.29, 1.82) is 0 Å². The number of nitrogens with zero attached hydrogens (tertiary/aromatic N) is 2. The summed E-state index contributed by atoms with van der Waals surface area (Å²) in [7, 11) is 0. The highest BCUT2D eigenvalue weighted by Crippen LogP contribution is 2.26. The summed E-state index contributed by atoms with van der Waals surface area (Å²) in [5.41, 5.74) is -0.0637. The third-order valence-electron chi connectivity index (χ3n) is 2.43. The molecule has 1 N–H and O–H groups in total. The number of aromatic nitrogens is 2. The standard InChI is InChI=1S/C13H22ClN3O/c1-12(2,3)9-13(4,5)16-10(18)8-17-7-6-15-11(17)14/h6-7H,8-9H2,1-5H3,(H,16,18). The number of nitrogens with one attached hydrogen (secondary N) is 1. The molecule has 0 atom stereocenters. The van der Waals surface area contributed by atoms with E-state index in [2.05, 4.69) is 31.1 Å². The van der Waals surface area contributed by atoms with E-state index in [1.807, 2.05) is 13.8 Å². The summed E-state index contributed by atoms with van der Waals surface area (Å²) in [5, 5.41) is 3.36. The van der Waals surface area contributed by atoms with Crippen LogP contribution < -0.4 is 5.32 Å². The van der Waals surface area contributed by atoms with Crippen molar-refractivity contribution in [3.8, 4) is 0 Å². The monoisotopic (exact) mass is 271 g/mol. The van der Waals surface area contributed by atoms with E-state index in [4.69, 9.17) is 11.6 Å². The lowest BCUT2D eigenvalue weighted by Crippen LogP contribution is -2.46. The van der Waals surface area contributed by atoms with Gasteiger partial charge in [0, 0.05) is 17.9 Å². The van der Waals surface area contributed by atoms with Crippen molar-refractivity contribution in [2.75, 3.05) is 0 Å². The van der Waals surface area contributed by atoms with Crippen molar-refractivity contribution in [1.82, 2.24) is 14.9 Å². The third kappa shape index (κ3) is 5.08. The lowest BCUT2D eigenvalue weighted by molar-refractivity contribution is -0.123. The van der Waals surface area contributed by atoms with Gasteiger partial charge in [-0.1, -0.05) is 20.8 Å². The highest BCUT2D eigenvalue weighted by Gasteiger charge is 2.27. The third-order valence-corrected chi connectivity index (χ3v) is 2.74. The molecule has 102 valence electrons. The van der Waals surface area contributed by atoms with E-state index < -0.39 is 0 Å². The molecule has 0 saturated carbocycles. The Kier molecular flexibility index (Phi) is 4.43. The second-order valence-corrected chi connectivity index (χ2v) is 6.83. The molecule has 0 aliphatic heterocycles. The van der Waals surface area contributed by atoms with Crippen molar-refractivity contribution < 1.29 is 4.79 Å². The molecule has 18 heavy (non-hydrogen) atoms. The van der Waals surface area contributed by atoms with Crippen molar-refractivity contribution in [2.24, 2.45) is 5.41 Å². The minimum atomic E-state index is -0.234. The highest BCUT2D eigenvalue weighted by molar-refractivity contribution is 6.28. The second kappa shape index (κ2) is 5.31. The van der Waals surface area contributed by atoms with Crippen LogP contribution in [0, 0.1) is 5.41 Å². The summed E-state index contributed by atoms with van der Waals surface area (Å²) in [5.74, 6) is -0.0517. The predicted octanol–water partition coefficient (Wildman–Crippen LogP) is 2.87. The molecule has 4 nitrogen and oxygen atoms in total. The van der Waals surface area contributed by atoms with Gasteiger partial charge in [0.2, 0.25) is 11.2 Å². The number of rotatable bonds is 4. The summed E-state index contributed by atoms with van der Waals surface area (Å²) in [4.78, 5) is 15.8. The molecule has 1 aromatic rings. The Bertz CT molecular complexity index is 418. The SMILES string of the molecule is CC(C)(C)CC(C)(C)NC(=O)Cn1ccnc1Cl. The molecular formula is C13H22ClN3O. The molecule has 1 amide bonds. The van der Waals surface area contributed by atoms with Crippen LogP contribution in [-0.4, -0.2) is 21.0 Å². The first-order valence-corrected chi connectivity index (χ1v) is 6.44. The van der Waals surface area contributed by atoms with E-state index >= 15 is 0 Å².